The Balaban J connectivity index is 2.29. The quantitative estimate of drug-likeness (QED) is 0.392. The standard InChI is InChI=1S/C18H21N5O3/c1-4-22-14(19)12(17(24)20-7-9-26-3)10-13-16(22)21-15-11(2)6-5-8-23(15)18(13)25/h5-6,8,10,19H,4,7,9H2,1-3H3,(H,20,24)/p+1. The molecular weight excluding hydrogens is 334 g/mol. The van der Waals surface area contributed by atoms with Gasteiger partial charge in [0, 0.05) is 25.4 Å². The molecule has 3 aromatic rings. The van der Waals surface area contributed by atoms with Crippen LogP contribution >= 0.6 is 0 Å². The zero-order chi connectivity index (χ0) is 18.8. The van der Waals surface area contributed by atoms with Crippen LogP contribution in [0.25, 0.3) is 16.7 Å². The first-order valence-electron chi connectivity index (χ1n) is 8.40. The molecule has 0 bridgehead atoms. The van der Waals surface area contributed by atoms with Crippen LogP contribution in [-0.4, -0.2) is 35.6 Å². The summed E-state index contributed by atoms with van der Waals surface area (Å²) in [5.41, 5.74) is 8.16. The Morgan fingerprint density at radius 1 is 1.46 bits per heavy atom. The SMILES string of the molecule is CC[n+]1c(N)c(C(=O)NCCOC)cc2c(=O)n3cccc(C)c3nc21. The zero-order valence-electron chi connectivity index (χ0n) is 15.1. The van der Waals surface area contributed by atoms with Gasteiger partial charge in [-0.25, -0.2) is 4.57 Å². The number of nitrogen functional groups attached to an aromatic ring is 1. The molecular formula is C18H22N5O3+. The molecule has 3 aromatic heterocycles. The third-order valence-corrected chi connectivity index (χ3v) is 4.33. The molecule has 0 atom stereocenters. The van der Waals surface area contributed by atoms with Gasteiger partial charge in [0.25, 0.3) is 17.1 Å². The highest BCUT2D eigenvalue weighted by molar-refractivity contribution is 6.00. The molecule has 8 nitrogen and oxygen atoms in total. The highest BCUT2D eigenvalue weighted by Gasteiger charge is 2.23. The van der Waals surface area contributed by atoms with Crippen LogP contribution in [0.15, 0.2) is 29.2 Å². The van der Waals surface area contributed by atoms with Crippen molar-refractivity contribution < 1.29 is 14.1 Å². The Morgan fingerprint density at radius 2 is 2.23 bits per heavy atom. The molecule has 0 saturated carbocycles. The maximum Gasteiger partial charge on any atom is 0.278 e. The van der Waals surface area contributed by atoms with E-state index in [1.54, 1.807) is 23.9 Å². The smallest absolute Gasteiger partial charge is 0.278 e. The summed E-state index contributed by atoms with van der Waals surface area (Å²) in [7, 11) is 1.56. The monoisotopic (exact) mass is 356 g/mol. The average Bonchev–Trinajstić information content (AvgIpc) is 2.62. The lowest BCUT2D eigenvalue weighted by atomic mass is 10.1. The minimum absolute atomic E-state index is 0.234. The number of nitrogens with two attached hydrogens (primary N) is 1. The summed E-state index contributed by atoms with van der Waals surface area (Å²) in [6.07, 6.45) is 1.67. The summed E-state index contributed by atoms with van der Waals surface area (Å²) in [4.78, 5) is 30.1. The number of pyridine rings is 2. The second kappa shape index (κ2) is 7.09. The summed E-state index contributed by atoms with van der Waals surface area (Å²) in [6.45, 7) is 5.01. The Bertz CT molecular complexity index is 1060. The predicted octanol–water partition coefficient (Wildman–Crippen LogP) is 0.422. The molecule has 0 fully saturated rings. The summed E-state index contributed by atoms with van der Waals surface area (Å²) < 4.78 is 8.11. The second-order valence-electron chi connectivity index (χ2n) is 5.98. The van der Waals surface area contributed by atoms with Crippen molar-refractivity contribution in [2.75, 3.05) is 26.0 Å². The first kappa shape index (κ1) is 17.8. The molecule has 3 heterocycles. The van der Waals surface area contributed by atoms with Gasteiger partial charge in [0.05, 0.1) is 13.2 Å². The van der Waals surface area contributed by atoms with Crippen LogP contribution in [0.5, 0.6) is 0 Å². The highest BCUT2D eigenvalue weighted by Crippen LogP contribution is 2.15. The fourth-order valence-corrected chi connectivity index (χ4v) is 2.97. The van der Waals surface area contributed by atoms with Gasteiger partial charge in [-0.05, 0) is 26.0 Å². The highest BCUT2D eigenvalue weighted by atomic mass is 16.5. The molecule has 3 N–H and O–H groups in total. The van der Waals surface area contributed by atoms with E-state index in [1.807, 2.05) is 19.9 Å². The van der Waals surface area contributed by atoms with Gasteiger partial charge in [-0.1, -0.05) is 11.1 Å². The number of aryl methyl sites for hydroxylation is 2. The topological polar surface area (TPSA) is 103 Å². The van der Waals surface area contributed by atoms with Gasteiger partial charge in [-0.3, -0.25) is 14.0 Å². The minimum atomic E-state index is -0.350. The average molecular weight is 356 g/mol. The van der Waals surface area contributed by atoms with Gasteiger partial charge in [-0.15, -0.1) is 0 Å². The Hall–Kier alpha value is -3.00. The number of aromatic nitrogens is 3. The summed E-state index contributed by atoms with van der Waals surface area (Å²) in [6, 6.07) is 5.20. The van der Waals surface area contributed by atoms with Crippen molar-refractivity contribution in [2.45, 2.75) is 20.4 Å². The number of hydrogen-bond donors (Lipinski definition) is 2. The number of nitrogens with one attached hydrogen (secondary N) is 1. The lowest BCUT2D eigenvalue weighted by Gasteiger charge is -2.11. The molecule has 0 aliphatic rings. The van der Waals surface area contributed by atoms with Crippen molar-refractivity contribution in [3.63, 3.8) is 0 Å². The number of hydrogen-bond acceptors (Lipinski definition) is 5. The van der Waals surface area contributed by atoms with Crippen molar-refractivity contribution >= 4 is 28.4 Å². The van der Waals surface area contributed by atoms with E-state index in [9.17, 15) is 9.59 Å². The van der Waals surface area contributed by atoms with Gasteiger partial charge in [-0.2, -0.15) is 0 Å². The number of fused-ring (bicyclic) bond motifs is 2. The van der Waals surface area contributed by atoms with Crippen LogP contribution in [0.1, 0.15) is 22.8 Å². The lowest BCUT2D eigenvalue weighted by molar-refractivity contribution is -0.655. The van der Waals surface area contributed by atoms with Crippen LogP contribution in [0.2, 0.25) is 0 Å². The number of carbonyl (C=O) groups is 1. The van der Waals surface area contributed by atoms with Crippen LogP contribution in [-0.2, 0) is 11.3 Å². The van der Waals surface area contributed by atoms with Gasteiger partial charge in [0.2, 0.25) is 11.5 Å². The lowest BCUT2D eigenvalue weighted by Crippen LogP contribution is -2.42. The van der Waals surface area contributed by atoms with E-state index in [4.69, 9.17) is 10.5 Å². The van der Waals surface area contributed by atoms with E-state index in [0.29, 0.717) is 36.4 Å². The molecule has 8 heteroatoms. The summed E-state index contributed by atoms with van der Waals surface area (Å²) in [5, 5.41) is 3.08. The third kappa shape index (κ3) is 2.88. The molecule has 136 valence electrons. The van der Waals surface area contributed by atoms with E-state index in [2.05, 4.69) is 10.3 Å². The molecule has 3 rings (SSSR count). The predicted molar refractivity (Wildman–Crippen MR) is 98.2 cm³/mol. The van der Waals surface area contributed by atoms with Crippen LogP contribution in [0, 0.1) is 6.92 Å². The molecule has 0 aliphatic heterocycles. The normalized spacial score (nSPS) is 11.2. The van der Waals surface area contributed by atoms with Crippen molar-refractivity contribution in [3.8, 4) is 0 Å². The minimum Gasteiger partial charge on any atom is -0.383 e. The largest absolute Gasteiger partial charge is 0.383 e. The first-order valence-corrected chi connectivity index (χ1v) is 8.40. The van der Waals surface area contributed by atoms with Crippen molar-refractivity contribution in [2.24, 2.45) is 0 Å². The van der Waals surface area contributed by atoms with Crippen LogP contribution < -0.4 is 21.2 Å². The molecule has 1 amide bonds. The number of carbonyl (C=O) groups excluding carboxylic acids is 1. The van der Waals surface area contributed by atoms with Gasteiger partial charge >= 0.3 is 0 Å². The van der Waals surface area contributed by atoms with E-state index in [-0.39, 0.29) is 22.8 Å². The number of amides is 1. The molecule has 26 heavy (non-hydrogen) atoms. The van der Waals surface area contributed by atoms with E-state index < -0.39 is 0 Å². The molecule has 0 unspecified atom stereocenters. The van der Waals surface area contributed by atoms with Gasteiger partial charge in [0.1, 0.15) is 10.9 Å². The number of methoxy groups -OCH3 is 1. The maximum atomic E-state index is 13.0. The summed E-state index contributed by atoms with van der Waals surface area (Å²) >= 11 is 0. The fraction of sp³-hybridized carbons (Fsp3) is 0.333. The van der Waals surface area contributed by atoms with Crippen LogP contribution in [0.4, 0.5) is 5.82 Å². The third-order valence-electron chi connectivity index (χ3n) is 4.33. The molecule has 0 aromatic carbocycles. The zero-order valence-corrected chi connectivity index (χ0v) is 15.1. The molecule has 0 spiro atoms. The number of ether oxygens (including phenoxy) is 1. The first-order chi connectivity index (χ1) is 12.5. The maximum absolute atomic E-state index is 13.0. The van der Waals surface area contributed by atoms with Gasteiger partial charge < -0.3 is 15.8 Å². The second-order valence-corrected chi connectivity index (χ2v) is 5.98. The number of rotatable bonds is 5. The Labute approximate surface area is 150 Å². The summed E-state index contributed by atoms with van der Waals surface area (Å²) in [5.74, 6) is -0.0721. The van der Waals surface area contributed by atoms with Crippen molar-refractivity contribution in [3.05, 3.63) is 45.9 Å². The Kier molecular flexibility index (Phi) is 4.85. The van der Waals surface area contributed by atoms with Gasteiger partial charge in [0.15, 0.2) is 0 Å². The molecule has 0 aliphatic carbocycles. The number of anilines is 1. The Morgan fingerprint density at radius 3 is 2.92 bits per heavy atom. The molecule has 0 radical (unpaired) electrons. The van der Waals surface area contributed by atoms with E-state index >= 15 is 0 Å². The van der Waals surface area contributed by atoms with Crippen molar-refractivity contribution in [1.82, 2.24) is 14.7 Å². The molecule has 0 saturated heterocycles. The van der Waals surface area contributed by atoms with Crippen molar-refractivity contribution in [1.29, 1.82) is 0 Å². The van der Waals surface area contributed by atoms with E-state index in [0.717, 1.165) is 5.56 Å². The van der Waals surface area contributed by atoms with Crippen LogP contribution in [0.3, 0.4) is 0 Å². The van der Waals surface area contributed by atoms with E-state index in [1.165, 1.54) is 10.5 Å². The fourth-order valence-electron chi connectivity index (χ4n) is 2.97. The number of nitrogens with zero attached hydrogens (tertiary/aromatic N) is 3.